The predicted octanol–water partition coefficient (Wildman–Crippen LogP) is 2.51. The number of nitrogens with two attached hydrogens (primary N) is 1. The molecule has 0 spiro atoms. The molecule has 0 radical (unpaired) electrons. The molecule has 2 rings (SSSR count). The third kappa shape index (κ3) is 2.77. The van der Waals surface area contributed by atoms with Crippen molar-refractivity contribution in [3.8, 4) is 0 Å². The minimum Gasteiger partial charge on any atom is -0.356 e. The van der Waals surface area contributed by atoms with Crippen LogP contribution in [-0.2, 0) is 5.92 Å². The summed E-state index contributed by atoms with van der Waals surface area (Å²) >= 11 is 0. The maximum Gasteiger partial charge on any atom is 0.278 e. The summed E-state index contributed by atoms with van der Waals surface area (Å²) in [6.45, 7) is 1.59. The second-order valence-electron chi connectivity index (χ2n) is 4.67. The number of alkyl halides is 2. The van der Waals surface area contributed by atoms with Crippen molar-refractivity contribution in [3.63, 3.8) is 0 Å². The zero-order valence-corrected chi connectivity index (χ0v) is 10.4. The Morgan fingerprint density at radius 1 is 1.28 bits per heavy atom. The van der Waals surface area contributed by atoms with Gasteiger partial charge < -0.3 is 10.6 Å². The monoisotopic (exact) mass is 255 g/mol. The van der Waals surface area contributed by atoms with Gasteiger partial charge in [-0.05, 0) is 37.9 Å². The summed E-state index contributed by atoms with van der Waals surface area (Å²) in [7, 11) is 0. The van der Waals surface area contributed by atoms with Crippen LogP contribution in [0.3, 0.4) is 0 Å². The normalized spacial score (nSPS) is 16.9. The quantitative estimate of drug-likeness (QED) is 0.899. The fourth-order valence-corrected chi connectivity index (χ4v) is 2.36. The lowest BCUT2D eigenvalue weighted by Crippen LogP contribution is -2.33. The number of anilines is 1. The van der Waals surface area contributed by atoms with Gasteiger partial charge in [-0.15, -0.1) is 0 Å². The van der Waals surface area contributed by atoms with E-state index in [2.05, 4.69) is 4.98 Å². The lowest BCUT2D eigenvalue weighted by atomic mass is 10.0. The second kappa shape index (κ2) is 5.61. The van der Waals surface area contributed by atoms with E-state index < -0.39 is 5.92 Å². The van der Waals surface area contributed by atoms with Crippen molar-refractivity contribution in [2.45, 2.75) is 31.6 Å². The van der Waals surface area contributed by atoms with Gasteiger partial charge >= 0.3 is 0 Å². The number of halogens is 2. The average Bonchev–Trinajstić information content (AvgIpc) is 2.40. The molecule has 1 aromatic heterocycles. The van der Waals surface area contributed by atoms with E-state index in [9.17, 15) is 8.78 Å². The standard InChI is InChI=1S/C13H19F2N3/c14-13(15,6-7-16)11-5-4-8-17-12(11)18-9-2-1-3-10-18/h4-5,8H,1-3,6-7,9-10,16H2. The van der Waals surface area contributed by atoms with E-state index in [1.54, 1.807) is 12.3 Å². The Kier molecular flexibility index (Phi) is 4.11. The van der Waals surface area contributed by atoms with E-state index in [4.69, 9.17) is 5.73 Å². The van der Waals surface area contributed by atoms with Gasteiger partial charge in [-0.2, -0.15) is 0 Å². The van der Waals surface area contributed by atoms with Gasteiger partial charge in [0.25, 0.3) is 5.92 Å². The number of aromatic nitrogens is 1. The van der Waals surface area contributed by atoms with E-state index >= 15 is 0 Å². The molecule has 1 aliphatic rings. The molecule has 0 aromatic carbocycles. The number of nitrogens with zero attached hydrogens (tertiary/aromatic N) is 2. The number of hydrogen-bond acceptors (Lipinski definition) is 3. The van der Waals surface area contributed by atoms with E-state index in [-0.39, 0.29) is 18.5 Å². The maximum absolute atomic E-state index is 14.0. The molecule has 1 saturated heterocycles. The number of rotatable bonds is 4. The lowest BCUT2D eigenvalue weighted by molar-refractivity contribution is -0.0105. The molecule has 100 valence electrons. The Hall–Kier alpha value is -1.23. The first kappa shape index (κ1) is 13.2. The molecule has 3 nitrogen and oxygen atoms in total. The fourth-order valence-electron chi connectivity index (χ4n) is 2.36. The zero-order chi connectivity index (χ0) is 13.0. The van der Waals surface area contributed by atoms with E-state index in [1.165, 1.54) is 6.07 Å². The molecule has 0 atom stereocenters. The van der Waals surface area contributed by atoms with Gasteiger partial charge in [-0.1, -0.05) is 0 Å². The van der Waals surface area contributed by atoms with Crippen LogP contribution in [0.4, 0.5) is 14.6 Å². The Bertz CT molecular complexity index is 390. The zero-order valence-electron chi connectivity index (χ0n) is 10.4. The van der Waals surface area contributed by atoms with Crippen molar-refractivity contribution >= 4 is 5.82 Å². The van der Waals surface area contributed by atoms with E-state index in [0.717, 1.165) is 32.4 Å². The first-order chi connectivity index (χ1) is 8.65. The van der Waals surface area contributed by atoms with Crippen LogP contribution in [0.15, 0.2) is 18.3 Å². The van der Waals surface area contributed by atoms with Crippen LogP contribution < -0.4 is 10.6 Å². The highest BCUT2D eigenvalue weighted by Gasteiger charge is 2.35. The highest BCUT2D eigenvalue weighted by molar-refractivity contribution is 5.49. The van der Waals surface area contributed by atoms with Crippen molar-refractivity contribution in [2.75, 3.05) is 24.5 Å². The molecule has 1 aliphatic heterocycles. The summed E-state index contributed by atoms with van der Waals surface area (Å²) in [6.07, 6.45) is 4.49. The predicted molar refractivity (Wildman–Crippen MR) is 67.9 cm³/mol. The van der Waals surface area contributed by atoms with Crippen molar-refractivity contribution in [1.29, 1.82) is 0 Å². The van der Waals surface area contributed by atoms with Gasteiger partial charge in [0, 0.05) is 25.7 Å². The molecule has 18 heavy (non-hydrogen) atoms. The van der Waals surface area contributed by atoms with Gasteiger partial charge in [-0.25, -0.2) is 13.8 Å². The molecule has 2 N–H and O–H groups in total. The largest absolute Gasteiger partial charge is 0.356 e. The number of hydrogen-bond donors (Lipinski definition) is 1. The van der Waals surface area contributed by atoms with Crippen molar-refractivity contribution in [3.05, 3.63) is 23.9 Å². The SMILES string of the molecule is NCCC(F)(F)c1cccnc1N1CCCCC1. The number of pyridine rings is 1. The van der Waals surface area contributed by atoms with Gasteiger partial charge in [0.1, 0.15) is 5.82 Å². The summed E-state index contributed by atoms with van der Waals surface area (Å²) in [5.41, 5.74) is 5.28. The number of piperidine rings is 1. The highest BCUT2D eigenvalue weighted by Crippen LogP contribution is 2.37. The molecule has 0 aliphatic carbocycles. The molecule has 1 aromatic rings. The van der Waals surface area contributed by atoms with Crippen LogP contribution >= 0.6 is 0 Å². The Balaban J connectivity index is 2.29. The van der Waals surface area contributed by atoms with Crippen molar-refractivity contribution < 1.29 is 8.78 Å². The van der Waals surface area contributed by atoms with Crippen LogP contribution in [0.5, 0.6) is 0 Å². The first-order valence-corrected chi connectivity index (χ1v) is 6.43. The van der Waals surface area contributed by atoms with Gasteiger partial charge in [-0.3, -0.25) is 0 Å². The van der Waals surface area contributed by atoms with Gasteiger partial charge in [0.2, 0.25) is 0 Å². The fraction of sp³-hybridized carbons (Fsp3) is 0.615. The summed E-state index contributed by atoms with van der Waals surface area (Å²) in [5, 5.41) is 0. The van der Waals surface area contributed by atoms with Crippen LogP contribution in [0.1, 0.15) is 31.2 Å². The van der Waals surface area contributed by atoms with E-state index in [0.29, 0.717) is 5.82 Å². The third-order valence-corrected chi connectivity index (χ3v) is 3.29. The Labute approximate surface area is 106 Å². The minimum absolute atomic E-state index is 0.0114. The topological polar surface area (TPSA) is 42.1 Å². The van der Waals surface area contributed by atoms with Crippen LogP contribution in [-0.4, -0.2) is 24.6 Å². The van der Waals surface area contributed by atoms with Crippen LogP contribution in [0.2, 0.25) is 0 Å². The van der Waals surface area contributed by atoms with Crippen molar-refractivity contribution in [1.82, 2.24) is 4.98 Å². The van der Waals surface area contributed by atoms with Crippen LogP contribution in [0.25, 0.3) is 0 Å². The summed E-state index contributed by atoms with van der Waals surface area (Å²) in [5.74, 6) is -2.47. The smallest absolute Gasteiger partial charge is 0.278 e. The highest BCUT2D eigenvalue weighted by atomic mass is 19.3. The summed E-state index contributed by atoms with van der Waals surface area (Å²) in [4.78, 5) is 6.12. The van der Waals surface area contributed by atoms with Crippen molar-refractivity contribution in [2.24, 2.45) is 5.73 Å². The molecule has 0 saturated carbocycles. The van der Waals surface area contributed by atoms with Gasteiger partial charge in [0.05, 0.1) is 5.56 Å². The second-order valence-corrected chi connectivity index (χ2v) is 4.67. The molecule has 0 unspecified atom stereocenters. The lowest BCUT2D eigenvalue weighted by Gasteiger charge is -2.31. The molecule has 0 bridgehead atoms. The Morgan fingerprint density at radius 2 is 2.00 bits per heavy atom. The molecule has 0 amide bonds. The molecule has 1 fully saturated rings. The molecular formula is C13H19F2N3. The molecule has 2 heterocycles. The average molecular weight is 255 g/mol. The maximum atomic E-state index is 14.0. The first-order valence-electron chi connectivity index (χ1n) is 6.43. The molecular weight excluding hydrogens is 236 g/mol. The Morgan fingerprint density at radius 3 is 2.67 bits per heavy atom. The van der Waals surface area contributed by atoms with Crippen LogP contribution in [0, 0.1) is 0 Å². The van der Waals surface area contributed by atoms with E-state index in [1.807, 2.05) is 4.90 Å². The summed E-state index contributed by atoms with van der Waals surface area (Å²) < 4.78 is 28.1. The van der Waals surface area contributed by atoms with Gasteiger partial charge in [0.15, 0.2) is 0 Å². The summed E-state index contributed by atoms with van der Waals surface area (Å²) in [6, 6.07) is 3.03. The third-order valence-electron chi connectivity index (χ3n) is 3.29. The minimum atomic E-state index is -2.89. The molecule has 5 heteroatoms.